The molecule has 0 radical (unpaired) electrons. The Morgan fingerprint density at radius 2 is 1.88 bits per heavy atom. The minimum absolute atomic E-state index is 0.247. The molecule has 0 amide bonds. The fourth-order valence-electron chi connectivity index (χ4n) is 3.69. The van der Waals surface area contributed by atoms with Gasteiger partial charge >= 0.3 is 0 Å². The number of aryl methyl sites for hydroxylation is 1. The molecule has 3 aromatic rings. The topological polar surface area (TPSA) is 59.1 Å². The van der Waals surface area contributed by atoms with Crippen molar-refractivity contribution in [2.75, 3.05) is 0 Å². The average Bonchev–Trinajstić information content (AvgIpc) is 2.56. The van der Waals surface area contributed by atoms with E-state index in [0.717, 1.165) is 35.0 Å². The molecule has 0 saturated carbocycles. The first kappa shape index (κ1) is 15.2. The van der Waals surface area contributed by atoms with E-state index in [2.05, 4.69) is 0 Å². The van der Waals surface area contributed by atoms with E-state index < -0.39 is 5.72 Å². The predicted octanol–water partition coefficient (Wildman–Crippen LogP) is 3.40. The van der Waals surface area contributed by atoms with Crippen LogP contribution in [-0.4, -0.2) is 10.1 Å². The number of pyridine rings is 1. The molecule has 24 heavy (non-hydrogen) atoms. The van der Waals surface area contributed by atoms with Crippen molar-refractivity contribution in [3.8, 4) is 0 Å². The van der Waals surface area contributed by atoms with Gasteiger partial charge in [0, 0.05) is 23.1 Å². The number of aromatic nitrogens is 1. The lowest BCUT2D eigenvalue weighted by Gasteiger charge is -2.33. The maximum Gasteiger partial charge on any atom is 0.141 e. The van der Waals surface area contributed by atoms with Gasteiger partial charge in [0.05, 0.1) is 5.52 Å². The molecule has 1 unspecified atom stereocenters. The average molecular weight is 322 g/mol. The van der Waals surface area contributed by atoms with Gasteiger partial charge in [0.15, 0.2) is 0 Å². The highest BCUT2D eigenvalue weighted by Crippen LogP contribution is 2.37. The molecule has 1 atom stereocenters. The maximum atomic E-state index is 14.2. The molecule has 1 aliphatic rings. The fourth-order valence-corrected chi connectivity index (χ4v) is 3.69. The van der Waals surface area contributed by atoms with E-state index in [1.54, 1.807) is 12.1 Å². The summed E-state index contributed by atoms with van der Waals surface area (Å²) < 4.78 is 14.2. The zero-order valence-electron chi connectivity index (χ0n) is 13.3. The van der Waals surface area contributed by atoms with Crippen LogP contribution in [0.15, 0.2) is 48.5 Å². The Kier molecular flexibility index (Phi) is 3.59. The van der Waals surface area contributed by atoms with Gasteiger partial charge in [-0.25, -0.2) is 4.39 Å². The van der Waals surface area contributed by atoms with Crippen molar-refractivity contribution in [1.82, 2.24) is 4.98 Å². The van der Waals surface area contributed by atoms with E-state index in [0.29, 0.717) is 24.0 Å². The highest BCUT2D eigenvalue weighted by molar-refractivity contribution is 5.84. The van der Waals surface area contributed by atoms with Gasteiger partial charge in [-0.15, -0.1) is 0 Å². The van der Waals surface area contributed by atoms with Gasteiger partial charge in [0.2, 0.25) is 0 Å². The second kappa shape index (κ2) is 5.65. The van der Waals surface area contributed by atoms with Gasteiger partial charge in [-0.2, -0.15) is 0 Å². The van der Waals surface area contributed by atoms with Gasteiger partial charge in [-0.1, -0.05) is 36.4 Å². The van der Waals surface area contributed by atoms with Gasteiger partial charge in [0.1, 0.15) is 11.5 Å². The molecule has 0 spiro atoms. The molecule has 1 aliphatic carbocycles. The van der Waals surface area contributed by atoms with Crippen molar-refractivity contribution in [2.45, 2.75) is 31.4 Å². The van der Waals surface area contributed by atoms with Crippen molar-refractivity contribution in [3.05, 3.63) is 76.7 Å². The van der Waals surface area contributed by atoms with E-state index in [-0.39, 0.29) is 5.82 Å². The number of para-hydroxylation sites is 1. The van der Waals surface area contributed by atoms with E-state index in [1.807, 2.05) is 30.3 Å². The summed E-state index contributed by atoms with van der Waals surface area (Å²) >= 11 is 0. The summed E-state index contributed by atoms with van der Waals surface area (Å²) in [4.78, 5) is 4.70. The molecule has 1 heterocycles. The lowest BCUT2D eigenvalue weighted by molar-refractivity contribution is 0.0241. The first-order chi connectivity index (χ1) is 11.6. The quantitative estimate of drug-likeness (QED) is 0.711. The SMILES string of the molecule is NC1(O)CCCc2nc3ccccc3c(Cc3ccccc3F)c21. The summed E-state index contributed by atoms with van der Waals surface area (Å²) in [6.07, 6.45) is 2.45. The molecule has 0 fully saturated rings. The molecule has 3 nitrogen and oxygen atoms in total. The Bertz CT molecular complexity index is 921. The summed E-state index contributed by atoms with van der Waals surface area (Å²) in [5.41, 5.74) is 8.63. The zero-order chi connectivity index (χ0) is 16.7. The third kappa shape index (κ3) is 2.48. The zero-order valence-corrected chi connectivity index (χ0v) is 13.3. The predicted molar refractivity (Wildman–Crippen MR) is 92.0 cm³/mol. The molecular formula is C20H19FN2O. The number of rotatable bonds is 2. The Balaban J connectivity index is 2.00. The highest BCUT2D eigenvalue weighted by atomic mass is 19.1. The Labute approximate surface area is 140 Å². The molecule has 4 heteroatoms. The fraction of sp³-hybridized carbons (Fsp3) is 0.250. The number of nitrogens with two attached hydrogens (primary N) is 1. The smallest absolute Gasteiger partial charge is 0.141 e. The van der Waals surface area contributed by atoms with Crippen molar-refractivity contribution >= 4 is 10.9 Å². The van der Waals surface area contributed by atoms with Crippen LogP contribution in [0.4, 0.5) is 4.39 Å². The van der Waals surface area contributed by atoms with Crippen LogP contribution >= 0.6 is 0 Å². The van der Waals surface area contributed by atoms with Crippen LogP contribution in [0.1, 0.15) is 35.2 Å². The minimum atomic E-state index is -1.41. The number of halogens is 1. The van der Waals surface area contributed by atoms with Gasteiger partial charge in [-0.3, -0.25) is 10.7 Å². The number of aliphatic hydroxyl groups is 1. The van der Waals surface area contributed by atoms with Crippen LogP contribution in [0.25, 0.3) is 10.9 Å². The van der Waals surface area contributed by atoms with Crippen molar-refractivity contribution in [2.24, 2.45) is 5.73 Å². The number of hydrogen-bond donors (Lipinski definition) is 2. The molecule has 2 aromatic carbocycles. The van der Waals surface area contributed by atoms with Crippen LogP contribution < -0.4 is 5.73 Å². The van der Waals surface area contributed by atoms with E-state index in [9.17, 15) is 9.50 Å². The van der Waals surface area contributed by atoms with E-state index >= 15 is 0 Å². The summed E-state index contributed by atoms with van der Waals surface area (Å²) in [6.45, 7) is 0. The number of benzene rings is 2. The van der Waals surface area contributed by atoms with Gasteiger partial charge < -0.3 is 5.11 Å². The highest BCUT2D eigenvalue weighted by Gasteiger charge is 2.34. The van der Waals surface area contributed by atoms with E-state index in [1.165, 1.54) is 6.07 Å². The molecule has 0 bridgehead atoms. The molecule has 3 N–H and O–H groups in total. The van der Waals surface area contributed by atoms with Crippen molar-refractivity contribution in [3.63, 3.8) is 0 Å². The summed E-state index contributed by atoms with van der Waals surface area (Å²) in [5, 5.41) is 11.7. The van der Waals surface area contributed by atoms with Crippen LogP contribution in [0.3, 0.4) is 0 Å². The third-order valence-corrected chi connectivity index (χ3v) is 4.80. The van der Waals surface area contributed by atoms with Crippen molar-refractivity contribution in [1.29, 1.82) is 0 Å². The minimum Gasteiger partial charge on any atom is -0.372 e. The molecular weight excluding hydrogens is 303 g/mol. The van der Waals surface area contributed by atoms with Crippen molar-refractivity contribution < 1.29 is 9.50 Å². The summed E-state index contributed by atoms with van der Waals surface area (Å²) in [5.74, 6) is -0.247. The molecule has 122 valence electrons. The number of hydrogen-bond acceptors (Lipinski definition) is 3. The van der Waals surface area contributed by atoms with Gasteiger partial charge in [0.25, 0.3) is 0 Å². The Hall–Kier alpha value is -2.30. The molecule has 0 aliphatic heterocycles. The van der Waals surface area contributed by atoms with E-state index in [4.69, 9.17) is 10.7 Å². The summed E-state index contributed by atoms with van der Waals surface area (Å²) in [7, 11) is 0. The normalized spacial score (nSPS) is 20.1. The third-order valence-electron chi connectivity index (χ3n) is 4.80. The molecule has 0 saturated heterocycles. The number of nitrogens with zero attached hydrogens (tertiary/aromatic N) is 1. The van der Waals surface area contributed by atoms with Crippen LogP contribution in [-0.2, 0) is 18.6 Å². The maximum absolute atomic E-state index is 14.2. The molecule has 4 rings (SSSR count). The second-order valence-corrected chi connectivity index (χ2v) is 6.48. The van der Waals surface area contributed by atoms with Gasteiger partial charge in [-0.05, 0) is 42.5 Å². The molecule has 1 aromatic heterocycles. The number of fused-ring (bicyclic) bond motifs is 2. The Morgan fingerprint density at radius 1 is 1.12 bits per heavy atom. The van der Waals surface area contributed by atoms with Crippen LogP contribution in [0.2, 0.25) is 0 Å². The first-order valence-corrected chi connectivity index (χ1v) is 8.22. The summed E-state index contributed by atoms with van der Waals surface area (Å²) in [6, 6.07) is 14.5. The Morgan fingerprint density at radius 3 is 2.71 bits per heavy atom. The lowest BCUT2D eigenvalue weighted by Crippen LogP contribution is -2.41. The monoisotopic (exact) mass is 322 g/mol. The first-order valence-electron chi connectivity index (χ1n) is 8.22. The lowest BCUT2D eigenvalue weighted by atomic mass is 9.82. The van der Waals surface area contributed by atoms with Crippen LogP contribution in [0, 0.1) is 5.82 Å². The second-order valence-electron chi connectivity index (χ2n) is 6.48. The largest absolute Gasteiger partial charge is 0.372 e. The van der Waals surface area contributed by atoms with Crippen LogP contribution in [0.5, 0.6) is 0 Å². The standard InChI is InChI=1S/C20H19FN2O/c21-16-8-3-1-6-13(16)12-15-14-7-2-4-9-17(14)23-18-10-5-11-20(22,24)19(15)18/h1-4,6-9,24H,5,10-12,22H2.